The number of nitrogen functional groups attached to an aromatic ring is 1. The van der Waals surface area contributed by atoms with Crippen molar-refractivity contribution in [2.75, 3.05) is 11.5 Å². The molecule has 0 radical (unpaired) electrons. The Balaban J connectivity index is 2.27. The molecule has 0 saturated carbocycles. The number of fused-ring (bicyclic) bond motifs is 1. The van der Waals surface area contributed by atoms with Crippen molar-refractivity contribution in [2.45, 2.75) is 24.7 Å². The van der Waals surface area contributed by atoms with Gasteiger partial charge in [0.2, 0.25) is 5.91 Å². The minimum atomic E-state index is -3.51. The molecule has 0 aliphatic rings. The van der Waals surface area contributed by atoms with Crippen LogP contribution in [0, 0.1) is 0 Å². The lowest BCUT2D eigenvalue weighted by Crippen LogP contribution is -2.13. The van der Waals surface area contributed by atoms with Gasteiger partial charge in [-0.15, -0.1) is 11.3 Å². The minimum absolute atomic E-state index is 0.0173. The predicted molar refractivity (Wildman–Crippen MR) is 103 cm³/mol. The highest BCUT2D eigenvalue weighted by Crippen LogP contribution is 2.38. The van der Waals surface area contributed by atoms with Crippen LogP contribution in [0.25, 0.3) is 21.3 Å². The zero-order chi connectivity index (χ0) is 18.9. The first-order chi connectivity index (χ1) is 12.3. The number of aromatic nitrogens is 2. The monoisotopic (exact) mass is 390 g/mol. The lowest BCUT2D eigenvalue weighted by molar-refractivity contribution is -0.117. The van der Waals surface area contributed by atoms with Crippen LogP contribution in [-0.2, 0) is 21.1 Å². The van der Waals surface area contributed by atoms with Crippen molar-refractivity contribution < 1.29 is 13.2 Å². The van der Waals surface area contributed by atoms with Gasteiger partial charge in [-0.1, -0.05) is 19.1 Å². The summed E-state index contributed by atoms with van der Waals surface area (Å²) >= 11 is 1.34. The Morgan fingerprint density at radius 1 is 1.27 bits per heavy atom. The van der Waals surface area contributed by atoms with Crippen molar-refractivity contribution in [3.63, 3.8) is 0 Å². The van der Waals surface area contributed by atoms with Gasteiger partial charge in [-0.3, -0.25) is 4.79 Å². The molecule has 1 amide bonds. The third kappa shape index (κ3) is 3.40. The highest BCUT2D eigenvalue weighted by molar-refractivity contribution is 7.91. The summed E-state index contributed by atoms with van der Waals surface area (Å²) in [6, 6.07) is 6.88. The molecular weight excluding hydrogens is 372 g/mol. The van der Waals surface area contributed by atoms with Crippen LogP contribution in [0.1, 0.15) is 18.4 Å². The van der Waals surface area contributed by atoms with E-state index in [0.29, 0.717) is 28.1 Å². The molecular formula is C17H18N4O3S2. The van der Waals surface area contributed by atoms with Crippen LogP contribution in [0.3, 0.4) is 0 Å². The van der Waals surface area contributed by atoms with Gasteiger partial charge in [-0.2, -0.15) is 0 Å². The van der Waals surface area contributed by atoms with Crippen molar-refractivity contribution in [1.82, 2.24) is 9.97 Å². The molecule has 0 fully saturated rings. The van der Waals surface area contributed by atoms with Gasteiger partial charge in [0.05, 0.1) is 27.3 Å². The number of carbonyl (C=O) groups excluding carboxylic acids is 1. The highest BCUT2D eigenvalue weighted by atomic mass is 32.2. The molecule has 2 aromatic heterocycles. The summed E-state index contributed by atoms with van der Waals surface area (Å²) in [5.74, 6) is -0.333. The molecule has 0 atom stereocenters. The first-order valence-corrected chi connectivity index (χ1v) is 10.4. The van der Waals surface area contributed by atoms with E-state index in [0.717, 1.165) is 4.70 Å². The summed E-state index contributed by atoms with van der Waals surface area (Å²) in [4.78, 5) is 19.9. The van der Waals surface area contributed by atoms with Gasteiger partial charge in [0.25, 0.3) is 0 Å². The molecule has 7 nitrogen and oxygen atoms in total. The Hall–Kier alpha value is -2.52. The maximum atomic E-state index is 12.7. The van der Waals surface area contributed by atoms with Gasteiger partial charge in [-0.05, 0) is 18.6 Å². The number of primary amides is 1. The zero-order valence-electron chi connectivity index (χ0n) is 14.1. The molecule has 3 aromatic rings. The quantitative estimate of drug-likeness (QED) is 0.663. The number of amides is 1. The van der Waals surface area contributed by atoms with Crippen molar-refractivity contribution >= 4 is 43.1 Å². The number of hydrogen-bond donors (Lipinski definition) is 2. The summed E-state index contributed by atoms with van der Waals surface area (Å²) in [5.41, 5.74) is 12.8. The molecule has 0 unspecified atom stereocenters. The van der Waals surface area contributed by atoms with E-state index in [1.54, 1.807) is 19.1 Å². The molecule has 0 aliphatic heterocycles. The topological polar surface area (TPSA) is 129 Å². The Kier molecular flexibility index (Phi) is 4.92. The number of anilines is 1. The Morgan fingerprint density at radius 2 is 2.04 bits per heavy atom. The van der Waals surface area contributed by atoms with Gasteiger partial charge in [-0.25, -0.2) is 18.4 Å². The van der Waals surface area contributed by atoms with E-state index < -0.39 is 15.7 Å². The lowest BCUT2D eigenvalue weighted by Gasteiger charge is -2.12. The third-order valence-electron chi connectivity index (χ3n) is 3.81. The number of para-hydroxylation sites is 1. The first kappa shape index (κ1) is 18.3. The van der Waals surface area contributed by atoms with Crippen LogP contribution in [0.15, 0.2) is 35.4 Å². The molecule has 0 spiro atoms. The largest absolute Gasteiger partial charge is 0.383 e. The average Bonchev–Trinajstić information content (AvgIpc) is 2.96. The van der Waals surface area contributed by atoms with Crippen LogP contribution in [-0.4, -0.2) is 30.0 Å². The number of hydrogen-bond acceptors (Lipinski definition) is 7. The number of rotatable bonds is 6. The van der Waals surface area contributed by atoms with Crippen molar-refractivity contribution in [1.29, 1.82) is 0 Å². The summed E-state index contributed by atoms with van der Waals surface area (Å²) in [6.07, 6.45) is 1.91. The maximum absolute atomic E-state index is 12.7. The minimum Gasteiger partial charge on any atom is -0.383 e. The number of thiazole rings is 1. The Labute approximate surface area is 155 Å². The second-order valence-electron chi connectivity index (χ2n) is 5.79. The third-order valence-corrected chi connectivity index (χ3v) is 6.78. The highest BCUT2D eigenvalue weighted by Gasteiger charge is 2.23. The average molecular weight is 390 g/mol. The summed E-state index contributed by atoms with van der Waals surface area (Å²) in [5, 5.41) is 0.570. The Bertz CT molecular complexity index is 1090. The lowest BCUT2D eigenvalue weighted by atomic mass is 10.1. The number of pyridine rings is 1. The first-order valence-electron chi connectivity index (χ1n) is 7.98. The van der Waals surface area contributed by atoms with Gasteiger partial charge in [0.1, 0.15) is 10.8 Å². The van der Waals surface area contributed by atoms with E-state index in [2.05, 4.69) is 9.97 Å². The van der Waals surface area contributed by atoms with Gasteiger partial charge in [0.15, 0.2) is 9.84 Å². The fourth-order valence-electron chi connectivity index (χ4n) is 2.79. The standard InChI is InChI=1S/C17H18N4O3S2/c1-2-8-26(23,24)12-6-7-20-17(19)15(12)10-4-3-5-11-16(10)21-14(25-11)9-13(18)22/h3-7H,2,8-9H2,1H3,(H2,18,22)(H2,19,20). The van der Waals surface area contributed by atoms with Gasteiger partial charge in [0, 0.05) is 17.3 Å². The fourth-order valence-corrected chi connectivity index (χ4v) is 5.34. The SMILES string of the molecule is CCCS(=O)(=O)c1ccnc(N)c1-c1cccc2sc(CC(N)=O)nc12. The van der Waals surface area contributed by atoms with E-state index in [1.165, 1.54) is 23.6 Å². The van der Waals surface area contributed by atoms with Crippen LogP contribution in [0.4, 0.5) is 5.82 Å². The molecule has 0 saturated heterocycles. The van der Waals surface area contributed by atoms with Crippen molar-refractivity contribution in [3.05, 3.63) is 35.5 Å². The molecule has 0 bridgehead atoms. The molecule has 3 rings (SSSR count). The molecule has 4 N–H and O–H groups in total. The van der Waals surface area contributed by atoms with Crippen LogP contribution in [0.5, 0.6) is 0 Å². The van der Waals surface area contributed by atoms with Gasteiger partial charge >= 0.3 is 0 Å². The number of sulfone groups is 1. The number of carbonyl (C=O) groups is 1. The van der Waals surface area contributed by atoms with Crippen LogP contribution in [0.2, 0.25) is 0 Å². The molecule has 136 valence electrons. The number of nitrogens with zero attached hydrogens (tertiary/aromatic N) is 2. The smallest absolute Gasteiger partial charge is 0.224 e. The molecule has 1 aromatic carbocycles. The Morgan fingerprint density at radius 3 is 2.73 bits per heavy atom. The second kappa shape index (κ2) is 7.00. The predicted octanol–water partition coefficient (Wildman–Crippen LogP) is 2.15. The number of nitrogens with two attached hydrogens (primary N) is 2. The maximum Gasteiger partial charge on any atom is 0.224 e. The van der Waals surface area contributed by atoms with E-state index in [4.69, 9.17) is 11.5 Å². The van der Waals surface area contributed by atoms with E-state index >= 15 is 0 Å². The van der Waals surface area contributed by atoms with E-state index in [-0.39, 0.29) is 22.9 Å². The van der Waals surface area contributed by atoms with Crippen LogP contribution >= 0.6 is 11.3 Å². The van der Waals surface area contributed by atoms with E-state index in [9.17, 15) is 13.2 Å². The zero-order valence-corrected chi connectivity index (χ0v) is 15.7. The summed E-state index contributed by atoms with van der Waals surface area (Å²) in [7, 11) is -3.51. The van der Waals surface area contributed by atoms with Crippen molar-refractivity contribution in [3.8, 4) is 11.1 Å². The molecule has 0 aliphatic carbocycles. The fraction of sp³-hybridized carbons (Fsp3) is 0.235. The van der Waals surface area contributed by atoms with Crippen molar-refractivity contribution in [2.24, 2.45) is 5.73 Å². The number of benzene rings is 1. The summed E-state index contributed by atoms with van der Waals surface area (Å²) in [6.45, 7) is 1.80. The van der Waals surface area contributed by atoms with Crippen LogP contribution < -0.4 is 11.5 Å². The normalized spacial score (nSPS) is 11.7. The second-order valence-corrected chi connectivity index (χ2v) is 8.98. The van der Waals surface area contributed by atoms with Gasteiger partial charge < -0.3 is 11.5 Å². The summed E-state index contributed by atoms with van der Waals surface area (Å²) < 4.78 is 26.2. The molecule has 26 heavy (non-hydrogen) atoms. The molecule has 2 heterocycles. The molecule has 9 heteroatoms. The van der Waals surface area contributed by atoms with E-state index in [1.807, 2.05) is 6.07 Å².